The Morgan fingerprint density at radius 3 is 1.37 bits per heavy atom. The fourth-order valence-electron chi connectivity index (χ4n) is 5.83. The zero-order valence-corrected chi connectivity index (χ0v) is 25.8. The summed E-state index contributed by atoms with van der Waals surface area (Å²) in [7, 11) is 0. The molecule has 4 amide bonds. The molecule has 4 aromatic carbocycles. The third-order valence-electron chi connectivity index (χ3n) is 8.20. The van der Waals surface area contributed by atoms with Gasteiger partial charge >= 0.3 is 12.1 Å². The maximum Gasteiger partial charge on any atom is 0.335 e. The summed E-state index contributed by atoms with van der Waals surface area (Å²) in [5.74, 6) is 1.23. The van der Waals surface area contributed by atoms with Crippen LogP contribution in [0.15, 0.2) is 107 Å². The van der Waals surface area contributed by atoms with Gasteiger partial charge in [-0.1, -0.05) is 96.1 Å². The van der Waals surface area contributed by atoms with Crippen molar-refractivity contribution in [3.8, 4) is 11.5 Å². The minimum Gasteiger partial charge on any atom is -0.490 e. The van der Waals surface area contributed by atoms with Crippen molar-refractivity contribution in [1.82, 2.24) is 10.0 Å². The van der Waals surface area contributed by atoms with Crippen molar-refractivity contribution in [3.63, 3.8) is 0 Å². The van der Waals surface area contributed by atoms with Gasteiger partial charge < -0.3 is 20.9 Å². The summed E-state index contributed by atoms with van der Waals surface area (Å²) in [6, 6.07) is 29.1. The first-order valence-corrected chi connectivity index (χ1v) is 15.2. The van der Waals surface area contributed by atoms with Crippen LogP contribution in [0.25, 0.3) is 0 Å². The zero-order chi connectivity index (χ0) is 32.2. The van der Waals surface area contributed by atoms with E-state index < -0.39 is 24.1 Å². The number of hydrogen-bond donors (Lipinski definition) is 2. The normalized spacial score (nSPS) is 17.4. The van der Waals surface area contributed by atoms with Crippen molar-refractivity contribution in [2.24, 2.45) is 21.7 Å². The van der Waals surface area contributed by atoms with Gasteiger partial charge in [-0.15, -0.1) is 0 Å². The van der Waals surface area contributed by atoms with Crippen molar-refractivity contribution in [1.29, 1.82) is 0 Å². The lowest BCUT2D eigenvalue weighted by molar-refractivity contribution is 0.186. The van der Waals surface area contributed by atoms with E-state index in [4.69, 9.17) is 20.9 Å². The summed E-state index contributed by atoms with van der Waals surface area (Å²) in [6.07, 6.45) is 1.00. The number of nitrogens with zero attached hydrogens (tertiary/aromatic N) is 4. The van der Waals surface area contributed by atoms with E-state index in [1.165, 1.54) is 10.0 Å². The molecule has 2 aliphatic rings. The predicted molar refractivity (Wildman–Crippen MR) is 177 cm³/mol. The number of benzene rings is 4. The highest BCUT2D eigenvalue weighted by molar-refractivity contribution is 6.03. The minimum absolute atomic E-state index is 0.232. The van der Waals surface area contributed by atoms with Gasteiger partial charge in [-0.05, 0) is 37.1 Å². The van der Waals surface area contributed by atoms with Gasteiger partial charge in [0.2, 0.25) is 0 Å². The van der Waals surface area contributed by atoms with Crippen LogP contribution >= 0.6 is 0 Å². The highest BCUT2D eigenvalue weighted by atomic mass is 16.5. The van der Waals surface area contributed by atoms with E-state index in [0.717, 1.165) is 44.8 Å². The summed E-state index contributed by atoms with van der Waals surface area (Å²) in [5, 5.41) is 11.8. The topological polar surface area (TPSA) is 136 Å². The molecule has 2 heterocycles. The molecule has 2 atom stereocenters. The smallest absolute Gasteiger partial charge is 0.335 e. The van der Waals surface area contributed by atoms with Gasteiger partial charge in [0.05, 0.1) is 23.5 Å². The molecule has 4 aromatic rings. The molecule has 234 valence electrons. The van der Waals surface area contributed by atoms with Crippen molar-refractivity contribution in [2.75, 3.05) is 13.2 Å². The number of hydrazone groups is 2. The summed E-state index contributed by atoms with van der Waals surface area (Å²) in [4.78, 5) is 24.8. The number of urea groups is 2. The van der Waals surface area contributed by atoms with Gasteiger partial charge in [0.25, 0.3) is 0 Å². The zero-order valence-electron chi connectivity index (χ0n) is 25.8. The second-order valence-electron chi connectivity index (χ2n) is 11.4. The number of aryl methyl sites for hydroxylation is 2. The molecule has 0 saturated carbocycles. The number of amides is 4. The van der Waals surface area contributed by atoms with Crippen molar-refractivity contribution in [2.45, 2.75) is 38.8 Å². The summed E-state index contributed by atoms with van der Waals surface area (Å²) < 4.78 is 12.4. The van der Waals surface area contributed by atoms with Crippen molar-refractivity contribution in [3.05, 3.63) is 130 Å². The van der Waals surface area contributed by atoms with Gasteiger partial charge in [-0.2, -0.15) is 10.2 Å². The fraction of sp³-hybridized carbons (Fsp3) is 0.222. The Morgan fingerprint density at radius 2 is 1.00 bits per heavy atom. The highest BCUT2D eigenvalue weighted by Gasteiger charge is 2.35. The molecule has 0 aromatic heterocycles. The van der Waals surface area contributed by atoms with Crippen LogP contribution in [0, 0.1) is 13.8 Å². The van der Waals surface area contributed by atoms with E-state index in [1.54, 1.807) is 0 Å². The average molecular weight is 617 g/mol. The van der Waals surface area contributed by atoms with E-state index >= 15 is 0 Å². The summed E-state index contributed by atoms with van der Waals surface area (Å²) in [5.41, 5.74) is 18.8. The Morgan fingerprint density at radius 1 is 0.630 bits per heavy atom. The molecule has 6 rings (SSSR count). The van der Waals surface area contributed by atoms with Gasteiger partial charge in [0.1, 0.15) is 24.7 Å². The Kier molecular flexibility index (Phi) is 8.69. The molecule has 10 nitrogen and oxygen atoms in total. The minimum atomic E-state index is -0.631. The first-order chi connectivity index (χ1) is 22.3. The third-order valence-corrected chi connectivity index (χ3v) is 8.20. The Labute approximate surface area is 267 Å². The van der Waals surface area contributed by atoms with Crippen LogP contribution in [0.4, 0.5) is 9.59 Å². The van der Waals surface area contributed by atoms with Crippen LogP contribution in [-0.2, 0) is 0 Å². The lowest BCUT2D eigenvalue weighted by Gasteiger charge is -2.23. The summed E-state index contributed by atoms with van der Waals surface area (Å²) in [6.45, 7) is 4.51. The number of carbonyl (C=O) groups excluding carboxylic acids is 2. The predicted octanol–water partition coefficient (Wildman–Crippen LogP) is 6.22. The Hall–Kier alpha value is -5.64. The van der Waals surface area contributed by atoms with Crippen LogP contribution in [0.3, 0.4) is 0 Å². The molecule has 0 saturated heterocycles. The molecule has 46 heavy (non-hydrogen) atoms. The van der Waals surface area contributed by atoms with Crippen LogP contribution in [0.5, 0.6) is 11.5 Å². The molecule has 0 aliphatic carbocycles. The van der Waals surface area contributed by atoms with Crippen LogP contribution in [-0.4, -0.2) is 46.7 Å². The first kappa shape index (κ1) is 30.4. The molecule has 0 spiro atoms. The lowest BCUT2D eigenvalue weighted by Crippen LogP contribution is -2.32. The SMILES string of the molecule is Cc1ccc(C2=NN(C(N)=O)C(c3ccccc3OCCOc3ccccc3C3CC(c4ccc(C)cc4)=NN3C(N)=O)C2)cc1. The third kappa shape index (κ3) is 6.41. The van der Waals surface area contributed by atoms with Gasteiger partial charge in [0, 0.05) is 24.0 Å². The number of carbonyl (C=O) groups is 2. The molecule has 0 bridgehead atoms. The van der Waals surface area contributed by atoms with Crippen LogP contribution < -0.4 is 20.9 Å². The second kappa shape index (κ2) is 13.2. The highest BCUT2D eigenvalue weighted by Crippen LogP contribution is 2.39. The molecule has 10 heteroatoms. The van der Waals surface area contributed by atoms with Crippen molar-refractivity contribution >= 4 is 23.5 Å². The Balaban J connectivity index is 1.14. The van der Waals surface area contributed by atoms with Crippen LogP contribution in [0.1, 0.15) is 58.3 Å². The quantitative estimate of drug-likeness (QED) is 0.216. The van der Waals surface area contributed by atoms with E-state index in [1.807, 2.05) is 111 Å². The Bertz CT molecular complexity index is 1670. The lowest BCUT2D eigenvalue weighted by atomic mass is 9.97. The number of ether oxygens (including phenoxy) is 2. The molecule has 2 aliphatic heterocycles. The molecular formula is C36H36N6O4. The van der Waals surface area contributed by atoms with Gasteiger partial charge in [-0.3, -0.25) is 0 Å². The number of primary amides is 2. The average Bonchev–Trinajstić information content (AvgIpc) is 3.71. The number of rotatable bonds is 9. The van der Waals surface area contributed by atoms with E-state index in [9.17, 15) is 9.59 Å². The molecular weight excluding hydrogens is 580 g/mol. The van der Waals surface area contributed by atoms with Crippen molar-refractivity contribution < 1.29 is 19.1 Å². The number of hydrogen-bond acceptors (Lipinski definition) is 6. The maximum atomic E-state index is 12.4. The van der Waals surface area contributed by atoms with Gasteiger partial charge in [0.15, 0.2) is 0 Å². The number of para-hydroxylation sites is 2. The van der Waals surface area contributed by atoms with E-state index in [2.05, 4.69) is 10.2 Å². The monoisotopic (exact) mass is 616 g/mol. The maximum absolute atomic E-state index is 12.4. The summed E-state index contributed by atoms with van der Waals surface area (Å²) >= 11 is 0. The molecule has 2 unspecified atom stereocenters. The van der Waals surface area contributed by atoms with E-state index in [0.29, 0.717) is 24.3 Å². The molecule has 4 N–H and O–H groups in total. The molecule has 0 fully saturated rings. The van der Waals surface area contributed by atoms with Crippen LogP contribution in [0.2, 0.25) is 0 Å². The number of nitrogens with two attached hydrogens (primary N) is 2. The standard InChI is InChI=1S/C36H36N6O4/c1-23-11-15-25(16-12-23)29-21-31(41(39-29)35(37)43)27-7-3-5-9-33(27)45-19-20-46-34-10-6-4-8-28(34)32-22-30(40-42(32)36(38)44)26-17-13-24(2)14-18-26/h3-18,31-32H,19-22H2,1-2H3,(H2,37,43)(H2,38,44). The molecule has 0 radical (unpaired) electrons. The van der Waals surface area contributed by atoms with Gasteiger partial charge in [-0.25, -0.2) is 19.6 Å². The second-order valence-corrected chi connectivity index (χ2v) is 11.4. The first-order valence-electron chi connectivity index (χ1n) is 15.2. The largest absolute Gasteiger partial charge is 0.490 e. The fourth-order valence-corrected chi connectivity index (χ4v) is 5.83. The van der Waals surface area contributed by atoms with E-state index in [-0.39, 0.29) is 13.2 Å².